The molecular formula is C25H33NO5. The topological polar surface area (TPSA) is 81.7 Å². The Morgan fingerprint density at radius 2 is 1.55 bits per heavy atom. The molecule has 4 aliphatic carbocycles. The summed E-state index contributed by atoms with van der Waals surface area (Å²) >= 11 is 0. The van der Waals surface area contributed by atoms with Gasteiger partial charge in [-0.05, 0) is 67.8 Å². The highest BCUT2D eigenvalue weighted by Crippen LogP contribution is 2.60. The number of ether oxygens (including phenoxy) is 2. The third-order valence-electron chi connectivity index (χ3n) is 7.38. The number of hydrogen-bond acceptors (Lipinski definition) is 5. The lowest BCUT2D eigenvalue weighted by molar-refractivity contribution is -0.159. The molecule has 6 heteroatoms. The third-order valence-corrected chi connectivity index (χ3v) is 7.38. The van der Waals surface area contributed by atoms with Crippen molar-refractivity contribution in [3.8, 4) is 0 Å². The molecule has 0 radical (unpaired) electrons. The molecule has 1 aromatic carbocycles. The fraction of sp³-hybridized carbons (Fsp3) is 0.640. The van der Waals surface area contributed by atoms with Crippen LogP contribution in [-0.4, -0.2) is 30.5 Å². The maximum atomic E-state index is 13.1. The van der Waals surface area contributed by atoms with E-state index < -0.39 is 18.1 Å². The molecule has 1 atom stereocenters. The Kier molecular flexibility index (Phi) is 6.35. The summed E-state index contributed by atoms with van der Waals surface area (Å²) in [6.07, 6.45) is 5.96. The van der Waals surface area contributed by atoms with Crippen LogP contribution in [0.5, 0.6) is 0 Å². The van der Waals surface area contributed by atoms with Crippen molar-refractivity contribution in [3.63, 3.8) is 0 Å². The van der Waals surface area contributed by atoms with E-state index in [-0.39, 0.29) is 30.3 Å². The maximum absolute atomic E-state index is 13.1. The van der Waals surface area contributed by atoms with Gasteiger partial charge in [-0.3, -0.25) is 4.79 Å². The molecule has 0 heterocycles. The number of carbonyl (C=O) groups is 3. The molecule has 0 unspecified atom stereocenters. The van der Waals surface area contributed by atoms with Crippen molar-refractivity contribution in [2.75, 3.05) is 6.61 Å². The first-order valence-corrected chi connectivity index (χ1v) is 11.5. The lowest BCUT2D eigenvalue weighted by Gasteiger charge is -2.55. The summed E-state index contributed by atoms with van der Waals surface area (Å²) in [6.45, 7) is 3.57. The van der Waals surface area contributed by atoms with Gasteiger partial charge >= 0.3 is 12.1 Å². The fourth-order valence-electron chi connectivity index (χ4n) is 6.22. The van der Waals surface area contributed by atoms with Gasteiger partial charge in [0, 0.05) is 5.41 Å². The summed E-state index contributed by atoms with van der Waals surface area (Å²) in [5.41, 5.74) is 0.576. The largest absolute Gasteiger partial charge is 0.456 e. The molecule has 5 rings (SSSR count). The van der Waals surface area contributed by atoms with E-state index in [9.17, 15) is 14.4 Å². The Hall–Kier alpha value is -2.37. The average Bonchev–Trinajstić information content (AvgIpc) is 2.73. The van der Waals surface area contributed by atoms with Gasteiger partial charge in [-0.15, -0.1) is 0 Å². The molecule has 4 aliphatic rings. The second-order valence-corrected chi connectivity index (χ2v) is 10.2. The van der Waals surface area contributed by atoms with Crippen LogP contribution < -0.4 is 5.32 Å². The predicted molar refractivity (Wildman–Crippen MR) is 115 cm³/mol. The van der Waals surface area contributed by atoms with Crippen molar-refractivity contribution in [2.45, 2.75) is 65.0 Å². The summed E-state index contributed by atoms with van der Waals surface area (Å²) in [5.74, 6) is 1.28. The number of ketones is 1. The molecule has 168 valence electrons. The molecule has 1 N–H and O–H groups in total. The minimum atomic E-state index is -0.854. The monoisotopic (exact) mass is 427 g/mol. The number of esters is 1. The molecule has 6 nitrogen and oxygen atoms in total. The lowest BCUT2D eigenvalue weighted by atomic mass is 9.48. The zero-order chi connectivity index (χ0) is 22.0. The molecule has 4 saturated carbocycles. The van der Waals surface area contributed by atoms with Crippen molar-refractivity contribution >= 4 is 17.8 Å². The first-order valence-electron chi connectivity index (χ1n) is 11.5. The fourth-order valence-corrected chi connectivity index (χ4v) is 6.22. The van der Waals surface area contributed by atoms with Gasteiger partial charge in [0.15, 0.2) is 12.4 Å². The van der Waals surface area contributed by atoms with E-state index in [1.165, 1.54) is 19.3 Å². The number of benzene rings is 1. The Labute approximate surface area is 184 Å². The van der Waals surface area contributed by atoms with Crippen LogP contribution in [0.3, 0.4) is 0 Å². The van der Waals surface area contributed by atoms with Crippen LogP contribution in [0.15, 0.2) is 30.3 Å². The van der Waals surface area contributed by atoms with Crippen molar-refractivity contribution in [2.24, 2.45) is 29.1 Å². The van der Waals surface area contributed by atoms with Gasteiger partial charge in [0.2, 0.25) is 0 Å². The minimum Gasteiger partial charge on any atom is -0.456 e. The van der Waals surface area contributed by atoms with Crippen molar-refractivity contribution < 1.29 is 23.9 Å². The van der Waals surface area contributed by atoms with E-state index in [4.69, 9.17) is 9.47 Å². The number of alkyl carbamates (subject to hydrolysis) is 1. The van der Waals surface area contributed by atoms with E-state index in [0.717, 1.165) is 24.8 Å². The zero-order valence-electron chi connectivity index (χ0n) is 18.5. The molecule has 1 aromatic rings. The van der Waals surface area contributed by atoms with Gasteiger partial charge in [-0.1, -0.05) is 44.2 Å². The molecular weight excluding hydrogens is 394 g/mol. The van der Waals surface area contributed by atoms with Gasteiger partial charge < -0.3 is 14.8 Å². The first kappa shape index (κ1) is 21.8. The van der Waals surface area contributed by atoms with Gasteiger partial charge in [0.1, 0.15) is 12.6 Å². The van der Waals surface area contributed by atoms with E-state index in [2.05, 4.69) is 5.32 Å². The maximum Gasteiger partial charge on any atom is 0.408 e. The van der Waals surface area contributed by atoms with Crippen LogP contribution in [0.4, 0.5) is 4.79 Å². The van der Waals surface area contributed by atoms with Gasteiger partial charge in [0.05, 0.1) is 0 Å². The number of hydrogen-bond donors (Lipinski definition) is 1. The smallest absolute Gasteiger partial charge is 0.408 e. The van der Waals surface area contributed by atoms with Crippen molar-refractivity contribution in [3.05, 3.63) is 35.9 Å². The van der Waals surface area contributed by atoms with Gasteiger partial charge in [-0.2, -0.15) is 0 Å². The lowest BCUT2D eigenvalue weighted by Crippen LogP contribution is -2.51. The summed E-state index contributed by atoms with van der Waals surface area (Å²) in [6, 6.07) is 8.48. The molecule has 4 bridgehead atoms. The summed E-state index contributed by atoms with van der Waals surface area (Å²) in [4.78, 5) is 38.0. The highest BCUT2D eigenvalue weighted by molar-refractivity contribution is 5.89. The SMILES string of the molecule is CC(C)[C@H](NC(=O)OCc1ccccc1)C(=O)OCC(=O)C12CC3CC(CC(C3)C1)C2. The Morgan fingerprint density at radius 3 is 2.10 bits per heavy atom. The van der Waals surface area contributed by atoms with Gasteiger partial charge in [-0.25, -0.2) is 9.59 Å². The highest BCUT2D eigenvalue weighted by Gasteiger charge is 2.54. The number of amides is 1. The molecule has 0 aromatic heterocycles. The molecule has 0 spiro atoms. The van der Waals surface area contributed by atoms with E-state index in [1.54, 1.807) is 0 Å². The third kappa shape index (κ3) is 4.94. The van der Waals surface area contributed by atoms with Crippen molar-refractivity contribution in [1.82, 2.24) is 5.32 Å². The molecule has 0 saturated heterocycles. The predicted octanol–water partition coefficient (Wildman–Crippen LogP) is 4.27. The van der Waals surface area contributed by atoms with Crippen molar-refractivity contribution in [1.29, 1.82) is 0 Å². The van der Waals surface area contributed by atoms with Crippen LogP contribution >= 0.6 is 0 Å². The van der Waals surface area contributed by atoms with Crippen LogP contribution in [0, 0.1) is 29.1 Å². The molecule has 1 amide bonds. The number of Topliss-reactive ketones (excluding diaryl/α,β-unsaturated/α-hetero) is 1. The minimum absolute atomic E-state index is 0.0640. The van der Waals surface area contributed by atoms with Gasteiger partial charge in [0.25, 0.3) is 0 Å². The number of rotatable bonds is 8. The Morgan fingerprint density at radius 1 is 0.968 bits per heavy atom. The first-order chi connectivity index (χ1) is 14.8. The molecule has 4 fully saturated rings. The molecule has 31 heavy (non-hydrogen) atoms. The quantitative estimate of drug-likeness (QED) is 0.627. The standard InChI is InChI=1S/C25H33NO5/c1-16(2)22(26-24(29)31-14-17-6-4-3-5-7-17)23(28)30-15-21(27)25-11-18-8-19(12-25)10-20(9-18)13-25/h3-7,16,18-20,22H,8-15H2,1-2H3,(H,26,29)/t18?,19?,20?,22-,25?/m0/s1. The van der Waals surface area contributed by atoms with E-state index in [1.807, 2.05) is 44.2 Å². The van der Waals surface area contributed by atoms with Crippen LogP contribution in [-0.2, 0) is 25.7 Å². The zero-order valence-corrected chi connectivity index (χ0v) is 18.5. The highest BCUT2D eigenvalue weighted by atomic mass is 16.6. The average molecular weight is 428 g/mol. The van der Waals surface area contributed by atoms with E-state index >= 15 is 0 Å². The van der Waals surface area contributed by atoms with Crippen LogP contribution in [0.1, 0.15) is 57.9 Å². The summed E-state index contributed by atoms with van der Waals surface area (Å²) in [5, 5.41) is 2.60. The second kappa shape index (κ2) is 9.01. The molecule has 0 aliphatic heterocycles. The Balaban J connectivity index is 1.28. The number of carbonyl (C=O) groups excluding carboxylic acids is 3. The number of nitrogens with one attached hydrogen (secondary N) is 1. The summed E-state index contributed by atoms with van der Waals surface area (Å²) in [7, 11) is 0. The normalized spacial score (nSPS) is 29.5. The second-order valence-electron chi connectivity index (χ2n) is 10.2. The summed E-state index contributed by atoms with van der Waals surface area (Å²) < 4.78 is 10.6. The van der Waals surface area contributed by atoms with Crippen LogP contribution in [0.2, 0.25) is 0 Å². The Bertz CT molecular complexity index is 783. The van der Waals surface area contributed by atoms with E-state index in [0.29, 0.717) is 17.8 Å². The van der Waals surface area contributed by atoms with Crippen LogP contribution in [0.25, 0.3) is 0 Å².